The van der Waals surface area contributed by atoms with Crippen molar-refractivity contribution in [2.24, 2.45) is 0 Å². The van der Waals surface area contributed by atoms with Gasteiger partial charge in [0, 0.05) is 0 Å². The molecule has 2 aromatic carbocycles. The third-order valence-corrected chi connectivity index (χ3v) is 3.92. The lowest BCUT2D eigenvalue weighted by Crippen LogP contribution is -2.24. The molecule has 2 rings (SSSR count). The Labute approximate surface area is 137 Å². The summed E-state index contributed by atoms with van der Waals surface area (Å²) in [6, 6.07) is 17.1. The van der Waals surface area contributed by atoms with Crippen molar-refractivity contribution in [3.8, 4) is 5.75 Å². The van der Waals surface area contributed by atoms with Crippen LogP contribution in [0.2, 0.25) is 0 Å². The van der Waals surface area contributed by atoms with E-state index in [-0.39, 0.29) is 12.4 Å². The molecule has 1 amide bonds. The summed E-state index contributed by atoms with van der Waals surface area (Å²) < 4.78 is 30.7. The number of carbonyl (C=O) groups excluding carboxylic acids is 1. The largest absolute Gasteiger partial charge is 0.568 e. The summed E-state index contributed by atoms with van der Waals surface area (Å²) in [7, 11) is -4.22. The van der Waals surface area contributed by atoms with Gasteiger partial charge in [0.15, 0.2) is 0 Å². The van der Waals surface area contributed by atoms with Crippen LogP contribution in [-0.4, -0.2) is 6.09 Å². The van der Waals surface area contributed by atoms with Crippen LogP contribution in [0.1, 0.15) is 5.56 Å². The number of ether oxygens (including phenoxy) is 1. The van der Waals surface area contributed by atoms with Gasteiger partial charge in [-0.05, 0) is 17.7 Å². The van der Waals surface area contributed by atoms with Crippen LogP contribution in [0, 0.1) is 0 Å². The number of nitrogens with one attached hydrogen (secondary N) is 1. The van der Waals surface area contributed by atoms with Crippen molar-refractivity contribution in [1.82, 2.24) is 5.48 Å². The van der Waals surface area contributed by atoms with Gasteiger partial charge >= 0.3 is 13.9 Å². The van der Waals surface area contributed by atoms with E-state index in [1.165, 1.54) is 12.1 Å². The Hall–Kier alpha value is -2.05. The zero-order chi connectivity index (χ0) is 16.5. The second-order valence-electron chi connectivity index (χ2n) is 4.18. The molecule has 0 fully saturated rings. The third kappa shape index (κ3) is 5.92. The molecule has 9 heteroatoms. The lowest BCUT2D eigenvalue weighted by Gasteiger charge is -2.14. The number of hydrogen-bond donors (Lipinski definition) is 1. The van der Waals surface area contributed by atoms with E-state index in [1.807, 2.05) is 6.07 Å². The molecular weight excluding hydrogens is 345 g/mol. The SMILES string of the molecule is O=C(NOP(=O)(OCl)Oc1ccccc1)OCc1ccccc1. The summed E-state index contributed by atoms with van der Waals surface area (Å²) in [5.41, 5.74) is 2.58. The van der Waals surface area contributed by atoms with E-state index in [0.29, 0.717) is 0 Å². The Morgan fingerprint density at radius 1 is 1.04 bits per heavy atom. The summed E-state index contributed by atoms with van der Waals surface area (Å²) in [5, 5.41) is 0. The van der Waals surface area contributed by atoms with Gasteiger partial charge in [0.05, 0.1) is 11.9 Å². The standard InChI is InChI=1S/C14H13ClNO6P/c15-21-23(18,20-13-9-5-2-6-10-13)22-16-14(17)19-11-12-7-3-1-4-8-12/h1-10H,11H2,(H,16,17). The van der Waals surface area contributed by atoms with Crippen molar-refractivity contribution in [3.05, 3.63) is 66.2 Å². The fourth-order valence-electron chi connectivity index (χ4n) is 1.50. The molecule has 0 radical (unpaired) electrons. The first-order chi connectivity index (χ1) is 11.1. The van der Waals surface area contributed by atoms with Gasteiger partial charge in [-0.25, -0.2) is 9.36 Å². The van der Waals surface area contributed by atoms with E-state index in [9.17, 15) is 9.36 Å². The molecule has 0 aliphatic carbocycles. The average molecular weight is 358 g/mol. The normalized spacial score (nSPS) is 12.9. The molecule has 2 aromatic rings. The van der Waals surface area contributed by atoms with Gasteiger partial charge in [-0.2, -0.15) is 14.2 Å². The van der Waals surface area contributed by atoms with Crippen LogP contribution in [-0.2, 0) is 24.6 Å². The molecule has 0 spiro atoms. The van der Waals surface area contributed by atoms with Crippen LogP contribution in [0.25, 0.3) is 0 Å². The first-order valence-electron chi connectivity index (χ1n) is 6.41. The molecule has 0 aromatic heterocycles. The number of para-hydroxylation sites is 1. The number of amides is 1. The highest BCUT2D eigenvalue weighted by atomic mass is 35.5. The van der Waals surface area contributed by atoms with E-state index >= 15 is 0 Å². The van der Waals surface area contributed by atoms with Gasteiger partial charge in [-0.3, -0.25) is 0 Å². The van der Waals surface area contributed by atoms with Crippen LogP contribution in [0.4, 0.5) is 4.79 Å². The zero-order valence-corrected chi connectivity index (χ0v) is 13.4. The second-order valence-corrected chi connectivity index (χ2v) is 5.99. The highest BCUT2D eigenvalue weighted by Gasteiger charge is 2.31. The Bertz CT molecular complexity index is 669. The monoisotopic (exact) mass is 357 g/mol. The van der Waals surface area contributed by atoms with Crippen LogP contribution >= 0.6 is 19.7 Å². The minimum absolute atomic E-state index is 0.0155. The average Bonchev–Trinajstić information content (AvgIpc) is 2.60. The molecule has 0 aliphatic rings. The van der Waals surface area contributed by atoms with Gasteiger partial charge in [-0.1, -0.05) is 48.5 Å². The number of hydrogen-bond acceptors (Lipinski definition) is 6. The van der Waals surface area contributed by atoms with Crippen molar-refractivity contribution in [2.75, 3.05) is 0 Å². The molecule has 1 atom stereocenters. The maximum Gasteiger partial charge on any atom is 0.568 e. The van der Waals surface area contributed by atoms with Crippen molar-refractivity contribution in [3.63, 3.8) is 0 Å². The molecule has 1 unspecified atom stereocenters. The van der Waals surface area contributed by atoms with Crippen LogP contribution < -0.4 is 10.0 Å². The highest BCUT2D eigenvalue weighted by molar-refractivity contribution is 7.49. The van der Waals surface area contributed by atoms with E-state index < -0.39 is 13.9 Å². The van der Waals surface area contributed by atoms with Crippen molar-refractivity contribution in [1.29, 1.82) is 0 Å². The molecule has 0 saturated carbocycles. The van der Waals surface area contributed by atoms with Crippen molar-refractivity contribution >= 4 is 25.8 Å². The minimum Gasteiger partial charge on any atom is -0.443 e. The van der Waals surface area contributed by atoms with Crippen LogP contribution in [0.3, 0.4) is 0 Å². The maximum atomic E-state index is 12.1. The Kier molecular flexibility index (Phi) is 6.43. The summed E-state index contributed by atoms with van der Waals surface area (Å²) in [6.45, 7) is 0.0155. The van der Waals surface area contributed by atoms with Crippen LogP contribution in [0.15, 0.2) is 60.7 Å². The number of benzene rings is 2. The summed E-state index contributed by atoms with van der Waals surface area (Å²) in [4.78, 5) is 11.5. The third-order valence-electron chi connectivity index (χ3n) is 2.50. The van der Waals surface area contributed by atoms with Crippen molar-refractivity contribution < 1.29 is 27.3 Å². The first-order valence-corrected chi connectivity index (χ1v) is 8.18. The molecule has 1 N–H and O–H groups in total. The topological polar surface area (TPSA) is 83.1 Å². The summed E-state index contributed by atoms with van der Waals surface area (Å²) >= 11 is 5.11. The van der Waals surface area contributed by atoms with Gasteiger partial charge < -0.3 is 9.26 Å². The van der Waals surface area contributed by atoms with Crippen molar-refractivity contribution in [2.45, 2.75) is 6.61 Å². The number of phosphoric acid groups is 1. The molecule has 0 aliphatic heterocycles. The lowest BCUT2D eigenvalue weighted by molar-refractivity contribution is 0.0801. The predicted molar refractivity (Wildman–Crippen MR) is 82.5 cm³/mol. The van der Waals surface area contributed by atoms with E-state index in [1.54, 1.807) is 47.9 Å². The van der Waals surface area contributed by atoms with E-state index in [4.69, 9.17) is 21.1 Å². The fraction of sp³-hybridized carbons (Fsp3) is 0.0714. The number of hydroxylamine groups is 1. The quantitative estimate of drug-likeness (QED) is 0.590. The van der Waals surface area contributed by atoms with Gasteiger partial charge in [0.2, 0.25) is 0 Å². The second kappa shape index (κ2) is 8.55. The van der Waals surface area contributed by atoms with Gasteiger partial charge in [-0.15, -0.1) is 0 Å². The molecule has 0 heterocycles. The lowest BCUT2D eigenvalue weighted by atomic mass is 10.2. The molecule has 0 bridgehead atoms. The smallest absolute Gasteiger partial charge is 0.443 e. The number of carbonyl (C=O) groups is 1. The summed E-state index contributed by atoms with van der Waals surface area (Å²) in [6.07, 6.45) is -0.973. The number of rotatable bonds is 7. The molecule has 7 nitrogen and oxygen atoms in total. The summed E-state index contributed by atoms with van der Waals surface area (Å²) in [5.74, 6) is 0.191. The predicted octanol–water partition coefficient (Wildman–Crippen LogP) is 4.20. The maximum absolute atomic E-state index is 12.1. The molecule has 0 saturated heterocycles. The number of halogens is 1. The Morgan fingerprint density at radius 2 is 1.65 bits per heavy atom. The molecular formula is C14H13ClNO6P. The fourth-order valence-corrected chi connectivity index (χ4v) is 2.33. The Balaban J connectivity index is 1.82. The Morgan fingerprint density at radius 3 is 2.26 bits per heavy atom. The molecule has 122 valence electrons. The van der Waals surface area contributed by atoms with E-state index in [0.717, 1.165) is 5.56 Å². The van der Waals surface area contributed by atoms with E-state index in [2.05, 4.69) is 8.70 Å². The van der Waals surface area contributed by atoms with Gasteiger partial charge in [0.25, 0.3) is 0 Å². The van der Waals surface area contributed by atoms with Gasteiger partial charge in [0.1, 0.15) is 12.4 Å². The highest BCUT2D eigenvalue weighted by Crippen LogP contribution is 2.49. The minimum atomic E-state index is -4.22. The molecule has 23 heavy (non-hydrogen) atoms. The zero-order valence-electron chi connectivity index (χ0n) is 11.8. The first kappa shape index (κ1) is 17.3. The van der Waals surface area contributed by atoms with Crippen LogP contribution in [0.5, 0.6) is 5.75 Å².